The summed E-state index contributed by atoms with van der Waals surface area (Å²) < 4.78 is 15.8. The number of hydrogen-bond donors (Lipinski definition) is 0. The minimum atomic E-state index is 0.835. The smallest absolute Gasteiger partial charge is 0.145 e. The lowest BCUT2D eigenvalue weighted by Gasteiger charge is -2.27. The largest absolute Gasteiger partial charge is 0.456 e. The second-order valence-electron chi connectivity index (χ2n) is 18.7. The minimum absolute atomic E-state index is 0.835. The SMILES string of the molecule is c1ccc(-n2c3ccccc3c3ccccc32)c(-c2ccc(N(c3ccc(-c4cc5ccccc5c5ccccc45)cc3)c3ccc(-c4cccc5oc6ccccc6c45)cc3)c3c2oc2ccccc23)c1. The molecule has 0 fully saturated rings. The molecule has 0 aliphatic carbocycles. The van der Waals surface area contributed by atoms with Crippen LogP contribution in [0.3, 0.4) is 0 Å². The predicted octanol–water partition coefficient (Wildman–Crippen LogP) is 19.4. The fourth-order valence-corrected chi connectivity index (χ4v) is 11.6. The molecular formula is C68H42N2O2. The molecule has 336 valence electrons. The summed E-state index contributed by atoms with van der Waals surface area (Å²) in [6.07, 6.45) is 0. The number of rotatable bonds is 7. The highest BCUT2D eigenvalue weighted by molar-refractivity contribution is 6.19. The average molecular weight is 919 g/mol. The maximum atomic E-state index is 7.10. The van der Waals surface area contributed by atoms with E-state index in [0.29, 0.717) is 0 Å². The van der Waals surface area contributed by atoms with Gasteiger partial charge in [0.25, 0.3) is 0 Å². The Kier molecular flexibility index (Phi) is 8.92. The van der Waals surface area contributed by atoms with Crippen LogP contribution in [0.15, 0.2) is 264 Å². The van der Waals surface area contributed by atoms with Crippen molar-refractivity contribution >= 4 is 104 Å². The van der Waals surface area contributed by atoms with Crippen LogP contribution >= 0.6 is 0 Å². The number of nitrogens with zero attached hydrogens (tertiary/aromatic N) is 2. The fourth-order valence-electron chi connectivity index (χ4n) is 11.6. The normalized spacial score (nSPS) is 11.9. The summed E-state index contributed by atoms with van der Waals surface area (Å²) in [6.45, 7) is 0. The van der Waals surface area contributed by atoms with Gasteiger partial charge in [-0.3, -0.25) is 0 Å². The average Bonchev–Trinajstić information content (AvgIpc) is 4.14. The van der Waals surface area contributed by atoms with Gasteiger partial charge in [-0.1, -0.05) is 176 Å². The molecule has 0 saturated carbocycles. The number of fused-ring (bicyclic) bond motifs is 12. The molecule has 0 spiro atoms. The third-order valence-corrected chi connectivity index (χ3v) is 14.8. The Hall–Kier alpha value is -9.64. The first kappa shape index (κ1) is 40.3. The summed E-state index contributed by atoms with van der Waals surface area (Å²) in [5.41, 5.74) is 16.7. The topological polar surface area (TPSA) is 34.5 Å². The van der Waals surface area contributed by atoms with Crippen LogP contribution in [0.4, 0.5) is 17.1 Å². The van der Waals surface area contributed by atoms with Gasteiger partial charge >= 0.3 is 0 Å². The van der Waals surface area contributed by atoms with Crippen molar-refractivity contribution < 1.29 is 8.83 Å². The number of furan rings is 2. The third kappa shape index (κ3) is 6.12. The van der Waals surface area contributed by atoms with Crippen LogP contribution in [0.2, 0.25) is 0 Å². The van der Waals surface area contributed by atoms with Gasteiger partial charge in [0.05, 0.1) is 27.8 Å². The molecule has 0 atom stereocenters. The molecule has 0 aliphatic heterocycles. The molecule has 0 N–H and O–H groups in total. The van der Waals surface area contributed by atoms with Gasteiger partial charge in [0, 0.05) is 49.4 Å². The Balaban J connectivity index is 0.943. The van der Waals surface area contributed by atoms with Gasteiger partial charge in [0.2, 0.25) is 0 Å². The first-order chi connectivity index (χ1) is 35.7. The van der Waals surface area contributed by atoms with Crippen LogP contribution in [-0.2, 0) is 0 Å². The van der Waals surface area contributed by atoms with Crippen LogP contribution < -0.4 is 4.90 Å². The third-order valence-electron chi connectivity index (χ3n) is 14.8. The molecule has 0 radical (unpaired) electrons. The Bertz CT molecular complexity index is 4580. The summed E-state index contributed by atoms with van der Waals surface area (Å²) >= 11 is 0. The van der Waals surface area contributed by atoms with Crippen LogP contribution in [-0.4, -0.2) is 4.57 Å². The lowest BCUT2D eigenvalue weighted by Crippen LogP contribution is -2.10. The molecule has 15 aromatic rings. The van der Waals surface area contributed by atoms with Gasteiger partial charge in [0.15, 0.2) is 0 Å². The van der Waals surface area contributed by atoms with Crippen molar-refractivity contribution in [2.45, 2.75) is 0 Å². The van der Waals surface area contributed by atoms with Gasteiger partial charge in [0.1, 0.15) is 22.3 Å². The Morgan fingerprint density at radius 3 is 1.53 bits per heavy atom. The quantitative estimate of drug-likeness (QED) is 0.149. The zero-order valence-electron chi connectivity index (χ0n) is 39.0. The Morgan fingerprint density at radius 2 is 0.819 bits per heavy atom. The van der Waals surface area contributed by atoms with Crippen molar-refractivity contribution in [2.75, 3.05) is 4.90 Å². The number of para-hydroxylation sites is 5. The second-order valence-corrected chi connectivity index (χ2v) is 18.7. The number of anilines is 3. The van der Waals surface area contributed by atoms with E-state index < -0.39 is 0 Å². The standard InChI is InChI=1S/C68H42N2O2/c1-2-17-48-45(16-1)42-58(51-19-4-3-18-50(48)51)44-34-38-47(39-35-44)69(46-36-32-43(33-37-46)49-25-15-31-65-66(49)56-23-8-13-29-63(56)71-65)62-41-40-55(68-67(62)57-24-9-14-30-64(57)72-68)54-22-7-12-28-61(54)70-59-26-10-5-20-52(59)53-21-6-11-27-60(53)70/h1-42H. The summed E-state index contributed by atoms with van der Waals surface area (Å²) in [4.78, 5) is 2.40. The molecule has 15 rings (SSSR count). The maximum Gasteiger partial charge on any atom is 0.145 e. The van der Waals surface area contributed by atoms with Crippen molar-refractivity contribution in [3.8, 4) is 39.1 Å². The van der Waals surface area contributed by atoms with Crippen LogP contribution in [0, 0.1) is 0 Å². The van der Waals surface area contributed by atoms with E-state index in [1.807, 2.05) is 12.1 Å². The highest BCUT2D eigenvalue weighted by atomic mass is 16.3. The molecule has 3 heterocycles. The van der Waals surface area contributed by atoms with Crippen LogP contribution in [0.25, 0.3) is 126 Å². The predicted molar refractivity (Wildman–Crippen MR) is 301 cm³/mol. The van der Waals surface area contributed by atoms with E-state index in [4.69, 9.17) is 8.83 Å². The summed E-state index contributed by atoms with van der Waals surface area (Å²) in [7, 11) is 0. The molecule has 72 heavy (non-hydrogen) atoms. The lowest BCUT2D eigenvalue weighted by atomic mass is 9.93. The van der Waals surface area contributed by atoms with Crippen molar-refractivity contribution in [3.05, 3.63) is 255 Å². The molecular weight excluding hydrogens is 877 g/mol. The number of benzene rings is 12. The number of hydrogen-bond acceptors (Lipinski definition) is 3. The van der Waals surface area contributed by atoms with Crippen molar-refractivity contribution in [3.63, 3.8) is 0 Å². The van der Waals surface area contributed by atoms with Gasteiger partial charge in [-0.25, -0.2) is 0 Å². The highest BCUT2D eigenvalue weighted by Gasteiger charge is 2.25. The van der Waals surface area contributed by atoms with Crippen molar-refractivity contribution in [1.29, 1.82) is 0 Å². The number of aromatic nitrogens is 1. The molecule has 4 heteroatoms. The Labute approximate surface area is 414 Å². The van der Waals surface area contributed by atoms with Crippen LogP contribution in [0.5, 0.6) is 0 Å². The molecule has 0 aliphatic rings. The zero-order valence-corrected chi connectivity index (χ0v) is 39.0. The van der Waals surface area contributed by atoms with Gasteiger partial charge in [-0.2, -0.15) is 0 Å². The summed E-state index contributed by atoms with van der Waals surface area (Å²) in [5.74, 6) is 0. The van der Waals surface area contributed by atoms with E-state index in [9.17, 15) is 0 Å². The molecule has 3 aromatic heterocycles. The van der Waals surface area contributed by atoms with Gasteiger partial charge in [-0.05, 0) is 123 Å². The summed E-state index contributed by atoms with van der Waals surface area (Å²) in [5, 5.41) is 11.8. The highest BCUT2D eigenvalue weighted by Crippen LogP contribution is 2.49. The van der Waals surface area contributed by atoms with Crippen LogP contribution in [0.1, 0.15) is 0 Å². The van der Waals surface area contributed by atoms with E-state index in [1.165, 1.54) is 37.9 Å². The monoisotopic (exact) mass is 918 g/mol. The van der Waals surface area contributed by atoms with E-state index in [-0.39, 0.29) is 0 Å². The van der Waals surface area contributed by atoms with Crippen molar-refractivity contribution in [1.82, 2.24) is 4.57 Å². The minimum Gasteiger partial charge on any atom is -0.456 e. The lowest BCUT2D eigenvalue weighted by molar-refractivity contribution is 0.669. The van der Waals surface area contributed by atoms with E-state index in [0.717, 1.165) is 105 Å². The van der Waals surface area contributed by atoms with Gasteiger partial charge in [-0.15, -0.1) is 0 Å². The van der Waals surface area contributed by atoms with Gasteiger partial charge < -0.3 is 18.3 Å². The van der Waals surface area contributed by atoms with Crippen molar-refractivity contribution in [2.24, 2.45) is 0 Å². The van der Waals surface area contributed by atoms with E-state index in [1.54, 1.807) is 0 Å². The first-order valence-corrected chi connectivity index (χ1v) is 24.6. The molecule has 0 bridgehead atoms. The Morgan fingerprint density at radius 1 is 0.306 bits per heavy atom. The maximum absolute atomic E-state index is 7.10. The molecule has 0 amide bonds. The summed E-state index contributed by atoms with van der Waals surface area (Å²) in [6, 6.07) is 91.7. The fraction of sp³-hybridized carbons (Fsp3) is 0. The zero-order chi connectivity index (χ0) is 47.3. The van der Waals surface area contributed by atoms with E-state index >= 15 is 0 Å². The second kappa shape index (κ2) is 16.0. The molecule has 0 unspecified atom stereocenters. The van der Waals surface area contributed by atoms with E-state index in [2.05, 4.69) is 252 Å². The molecule has 12 aromatic carbocycles. The molecule has 4 nitrogen and oxygen atoms in total. The first-order valence-electron chi connectivity index (χ1n) is 24.6. The molecule has 0 saturated heterocycles.